The number of aryl methyl sites for hydroxylation is 2. The Morgan fingerprint density at radius 2 is 2.22 bits per heavy atom. The number of rotatable bonds is 5. The zero-order chi connectivity index (χ0) is 16.1. The molecule has 1 aliphatic heterocycles. The van der Waals surface area contributed by atoms with Crippen LogP contribution in [-0.4, -0.2) is 48.1 Å². The highest BCUT2D eigenvalue weighted by atomic mass is 127. The Labute approximate surface area is 156 Å². The van der Waals surface area contributed by atoms with Gasteiger partial charge in [-0.2, -0.15) is 5.10 Å². The molecule has 1 fully saturated rings. The lowest BCUT2D eigenvalue weighted by Crippen LogP contribution is -2.45. The summed E-state index contributed by atoms with van der Waals surface area (Å²) in [7, 11) is 3.80. The fourth-order valence-corrected chi connectivity index (χ4v) is 2.91. The SMILES string of the molecule is CN=C(NCC1CCCO1)NC(C)Cc1c(C)nn(C)c1C.I. The predicted molar refractivity (Wildman–Crippen MR) is 105 cm³/mol. The minimum absolute atomic E-state index is 0. The van der Waals surface area contributed by atoms with E-state index in [1.807, 2.05) is 11.7 Å². The standard InChI is InChI=1S/C16H29N5O.HI/c1-11(9-15-12(2)20-21(5)13(15)3)19-16(17-4)18-10-14-7-6-8-22-14;/h11,14H,6-10H2,1-5H3,(H2,17,18,19);1H. The average Bonchev–Trinajstić information content (AvgIpc) is 3.08. The van der Waals surface area contributed by atoms with E-state index in [0.29, 0.717) is 6.10 Å². The molecule has 7 heteroatoms. The Morgan fingerprint density at radius 3 is 2.74 bits per heavy atom. The molecule has 2 rings (SSSR count). The molecule has 0 aliphatic carbocycles. The largest absolute Gasteiger partial charge is 0.376 e. The van der Waals surface area contributed by atoms with Gasteiger partial charge < -0.3 is 15.4 Å². The monoisotopic (exact) mass is 435 g/mol. The van der Waals surface area contributed by atoms with Crippen LogP contribution in [0.4, 0.5) is 0 Å². The second-order valence-electron chi connectivity index (χ2n) is 6.11. The molecule has 1 aromatic heterocycles. The van der Waals surface area contributed by atoms with Crippen molar-refractivity contribution in [3.8, 4) is 0 Å². The van der Waals surface area contributed by atoms with E-state index in [0.717, 1.165) is 44.1 Å². The van der Waals surface area contributed by atoms with Crippen LogP contribution in [0.2, 0.25) is 0 Å². The highest BCUT2D eigenvalue weighted by Gasteiger charge is 2.17. The maximum absolute atomic E-state index is 5.63. The summed E-state index contributed by atoms with van der Waals surface area (Å²) in [5.74, 6) is 0.835. The van der Waals surface area contributed by atoms with Crippen LogP contribution in [0.3, 0.4) is 0 Å². The van der Waals surface area contributed by atoms with Crippen molar-refractivity contribution in [3.05, 3.63) is 17.0 Å². The topological polar surface area (TPSA) is 63.5 Å². The van der Waals surface area contributed by atoms with Crippen LogP contribution in [0.1, 0.15) is 36.7 Å². The number of aromatic nitrogens is 2. The summed E-state index contributed by atoms with van der Waals surface area (Å²) in [4.78, 5) is 4.30. The fourth-order valence-electron chi connectivity index (χ4n) is 2.91. The van der Waals surface area contributed by atoms with Crippen LogP contribution >= 0.6 is 24.0 Å². The van der Waals surface area contributed by atoms with Crippen molar-refractivity contribution in [2.24, 2.45) is 12.0 Å². The lowest BCUT2D eigenvalue weighted by Gasteiger charge is -2.19. The Balaban J connectivity index is 0.00000264. The Hall–Kier alpha value is -0.830. The smallest absolute Gasteiger partial charge is 0.191 e. The van der Waals surface area contributed by atoms with E-state index >= 15 is 0 Å². The molecule has 0 radical (unpaired) electrons. The minimum atomic E-state index is 0. The highest BCUT2D eigenvalue weighted by molar-refractivity contribution is 14.0. The van der Waals surface area contributed by atoms with Crippen LogP contribution in [0, 0.1) is 13.8 Å². The molecule has 23 heavy (non-hydrogen) atoms. The van der Waals surface area contributed by atoms with Gasteiger partial charge in [-0.25, -0.2) is 0 Å². The number of ether oxygens (including phenoxy) is 1. The van der Waals surface area contributed by atoms with Gasteiger partial charge in [0.1, 0.15) is 0 Å². The molecular formula is C16H30IN5O. The van der Waals surface area contributed by atoms with Crippen LogP contribution in [-0.2, 0) is 18.2 Å². The first-order valence-electron chi connectivity index (χ1n) is 8.09. The van der Waals surface area contributed by atoms with Crippen molar-refractivity contribution < 1.29 is 4.74 Å². The second kappa shape index (κ2) is 9.46. The van der Waals surface area contributed by atoms with E-state index in [1.165, 1.54) is 11.3 Å². The summed E-state index contributed by atoms with van der Waals surface area (Å²) in [6, 6.07) is 0.289. The van der Waals surface area contributed by atoms with Gasteiger partial charge in [-0.3, -0.25) is 9.67 Å². The van der Waals surface area contributed by atoms with Gasteiger partial charge in [-0.05, 0) is 45.6 Å². The minimum Gasteiger partial charge on any atom is -0.376 e. The van der Waals surface area contributed by atoms with Crippen molar-refractivity contribution in [2.75, 3.05) is 20.2 Å². The quantitative estimate of drug-likeness (QED) is 0.422. The number of nitrogens with one attached hydrogen (secondary N) is 2. The van der Waals surface area contributed by atoms with Gasteiger partial charge in [-0.15, -0.1) is 24.0 Å². The number of hydrogen-bond donors (Lipinski definition) is 2. The van der Waals surface area contributed by atoms with Crippen molar-refractivity contribution in [2.45, 2.75) is 52.2 Å². The maximum Gasteiger partial charge on any atom is 0.191 e. The molecule has 2 heterocycles. The summed E-state index contributed by atoms with van der Waals surface area (Å²) >= 11 is 0. The Morgan fingerprint density at radius 1 is 1.48 bits per heavy atom. The third-order valence-electron chi connectivity index (χ3n) is 4.30. The zero-order valence-corrected chi connectivity index (χ0v) is 17.2. The van der Waals surface area contributed by atoms with E-state index in [4.69, 9.17) is 4.74 Å². The Kier molecular flexibility index (Phi) is 8.32. The number of halogens is 1. The molecule has 132 valence electrons. The van der Waals surface area contributed by atoms with Crippen LogP contribution in [0.15, 0.2) is 4.99 Å². The van der Waals surface area contributed by atoms with Crippen LogP contribution in [0.5, 0.6) is 0 Å². The van der Waals surface area contributed by atoms with E-state index in [9.17, 15) is 0 Å². The molecule has 1 aromatic rings. The first-order valence-corrected chi connectivity index (χ1v) is 8.09. The first-order chi connectivity index (χ1) is 10.5. The number of nitrogens with zero attached hydrogens (tertiary/aromatic N) is 3. The number of hydrogen-bond acceptors (Lipinski definition) is 3. The van der Waals surface area contributed by atoms with Crippen molar-refractivity contribution in [1.29, 1.82) is 0 Å². The molecular weight excluding hydrogens is 405 g/mol. The summed E-state index contributed by atoms with van der Waals surface area (Å²) in [5.41, 5.74) is 3.65. The third kappa shape index (κ3) is 5.63. The van der Waals surface area contributed by atoms with E-state index in [2.05, 4.69) is 41.5 Å². The lowest BCUT2D eigenvalue weighted by atomic mass is 10.1. The molecule has 0 amide bonds. The molecule has 0 aromatic carbocycles. The predicted octanol–water partition coefficient (Wildman–Crippen LogP) is 1.93. The Bertz CT molecular complexity index is 523. The summed E-state index contributed by atoms with van der Waals surface area (Å²) < 4.78 is 7.57. The molecule has 1 aliphatic rings. The lowest BCUT2D eigenvalue weighted by molar-refractivity contribution is 0.113. The van der Waals surface area contributed by atoms with Gasteiger partial charge in [0.15, 0.2) is 5.96 Å². The highest BCUT2D eigenvalue weighted by Crippen LogP contribution is 2.14. The first kappa shape index (κ1) is 20.2. The van der Waals surface area contributed by atoms with Gasteiger partial charge >= 0.3 is 0 Å². The van der Waals surface area contributed by atoms with E-state index in [-0.39, 0.29) is 30.0 Å². The second-order valence-corrected chi connectivity index (χ2v) is 6.11. The maximum atomic E-state index is 5.63. The molecule has 6 nitrogen and oxygen atoms in total. The summed E-state index contributed by atoms with van der Waals surface area (Å²) in [5, 5.41) is 11.3. The van der Waals surface area contributed by atoms with Gasteiger partial charge in [0.2, 0.25) is 0 Å². The van der Waals surface area contributed by atoms with Gasteiger partial charge in [0, 0.05) is 39.0 Å². The van der Waals surface area contributed by atoms with E-state index < -0.39 is 0 Å². The average molecular weight is 435 g/mol. The van der Waals surface area contributed by atoms with Crippen molar-refractivity contribution >= 4 is 29.9 Å². The van der Waals surface area contributed by atoms with Crippen LogP contribution < -0.4 is 10.6 Å². The van der Waals surface area contributed by atoms with Crippen molar-refractivity contribution in [3.63, 3.8) is 0 Å². The molecule has 0 saturated carbocycles. The molecule has 2 N–H and O–H groups in total. The molecule has 2 atom stereocenters. The van der Waals surface area contributed by atoms with Crippen LogP contribution in [0.25, 0.3) is 0 Å². The number of guanidine groups is 1. The summed E-state index contributed by atoms with van der Waals surface area (Å²) in [6.07, 6.45) is 3.55. The van der Waals surface area contributed by atoms with Gasteiger partial charge in [0.25, 0.3) is 0 Å². The third-order valence-corrected chi connectivity index (χ3v) is 4.30. The number of aliphatic imine (C=N–C) groups is 1. The molecule has 2 unspecified atom stereocenters. The summed E-state index contributed by atoms with van der Waals surface area (Å²) in [6.45, 7) is 8.06. The normalized spacial score (nSPS) is 19.3. The van der Waals surface area contributed by atoms with E-state index in [1.54, 1.807) is 7.05 Å². The van der Waals surface area contributed by atoms with Crippen molar-refractivity contribution in [1.82, 2.24) is 20.4 Å². The molecule has 0 bridgehead atoms. The van der Waals surface area contributed by atoms with Gasteiger partial charge in [-0.1, -0.05) is 0 Å². The molecule has 0 spiro atoms. The zero-order valence-electron chi connectivity index (χ0n) is 14.8. The molecule has 1 saturated heterocycles. The van der Waals surface area contributed by atoms with Gasteiger partial charge in [0.05, 0.1) is 11.8 Å². The fraction of sp³-hybridized carbons (Fsp3) is 0.750.